The summed E-state index contributed by atoms with van der Waals surface area (Å²) < 4.78 is 6.36. The fraction of sp³-hybridized carbons (Fsp3) is 0.684. The first kappa shape index (κ1) is 17.1. The Balaban J connectivity index is 3.20. The maximum absolute atomic E-state index is 6.36. The number of rotatable bonds is 6. The number of aryl methyl sites for hydroxylation is 2. The Morgan fingerprint density at radius 2 is 1.30 bits per heavy atom. The van der Waals surface area contributed by atoms with Crippen molar-refractivity contribution in [3.8, 4) is 5.75 Å². The average Bonchev–Trinajstić information content (AvgIpc) is 2.42. The van der Waals surface area contributed by atoms with Crippen molar-refractivity contribution in [1.82, 2.24) is 0 Å². The molecule has 1 heteroatoms. The van der Waals surface area contributed by atoms with Gasteiger partial charge in [-0.2, -0.15) is 0 Å². The Morgan fingerprint density at radius 3 is 1.65 bits per heavy atom. The van der Waals surface area contributed by atoms with E-state index in [0.717, 1.165) is 25.0 Å². The predicted molar refractivity (Wildman–Crippen MR) is 88.8 cm³/mol. The second-order valence-electron chi connectivity index (χ2n) is 6.94. The number of benzene rings is 1. The Labute approximate surface area is 125 Å². The molecule has 0 N–H and O–H groups in total. The van der Waals surface area contributed by atoms with Gasteiger partial charge in [0.2, 0.25) is 0 Å². The van der Waals surface area contributed by atoms with Crippen molar-refractivity contribution in [1.29, 1.82) is 0 Å². The lowest BCUT2D eigenvalue weighted by Crippen LogP contribution is -2.31. The fourth-order valence-electron chi connectivity index (χ4n) is 2.35. The molecule has 0 saturated heterocycles. The molecule has 0 aliphatic carbocycles. The smallest absolute Gasteiger partial charge is 0.125 e. The van der Waals surface area contributed by atoms with Crippen molar-refractivity contribution in [3.63, 3.8) is 0 Å². The van der Waals surface area contributed by atoms with Crippen molar-refractivity contribution in [2.75, 3.05) is 0 Å². The quantitative estimate of drug-likeness (QED) is 0.624. The van der Waals surface area contributed by atoms with E-state index in [9.17, 15) is 0 Å². The van der Waals surface area contributed by atoms with Crippen LogP contribution in [-0.4, -0.2) is 5.60 Å². The molecule has 1 aromatic carbocycles. The molecular weight excluding hydrogens is 244 g/mol. The third-order valence-electron chi connectivity index (χ3n) is 4.97. The molecule has 0 saturated carbocycles. The fourth-order valence-corrected chi connectivity index (χ4v) is 2.35. The molecule has 1 rings (SSSR count). The average molecular weight is 276 g/mol. The van der Waals surface area contributed by atoms with E-state index < -0.39 is 0 Å². The van der Waals surface area contributed by atoms with E-state index >= 15 is 0 Å². The molecule has 0 bridgehead atoms. The molecule has 0 aliphatic rings. The highest BCUT2D eigenvalue weighted by Gasteiger charge is 2.25. The van der Waals surface area contributed by atoms with E-state index in [4.69, 9.17) is 4.74 Å². The van der Waals surface area contributed by atoms with Crippen LogP contribution in [0.2, 0.25) is 0 Å². The van der Waals surface area contributed by atoms with Crippen LogP contribution in [0.25, 0.3) is 0 Å². The number of hydrogen-bond acceptors (Lipinski definition) is 1. The van der Waals surface area contributed by atoms with Crippen LogP contribution in [0.1, 0.15) is 77.5 Å². The Kier molecular flexibility index (Phi) is 5.29. The SMILES string of the molecule is CCC(C)(CC)Oc1c(C)cc(C(C)(C)CC)cc1C. The minimum absolute atomic E-state index is 0.0582. The molecule has 0 amide bonds. The van der Waals surface area contributed by atoms with E-state index in [1.165, 1.54) is 16.7 Å². The van der Waals surface area contributed by atoms with Gasteiger partial charge in [0.05, 0.1) is 0 Å². The minimum atomic E-state index is -0.0582. The third-order valence-corrected chi connectivity index (χ3v) is 4.97. The Morgan fingerprint density at radius 1 is 0.850 bits per heavy atom. The number of ether oxygens (including phenoxy) is 1. The van der Waals surface area contributed by atoms with Gasteiger partial charge in [-0.3, -0.25) is 0 Å². The maximum Gasteiger partial charge on any atom is 0.125 e. The summed E-state index contributed by atoms with van der Waals surface area (Å²) in [5.41, 5.74) is 4.10. The van der Waals surface area contributed by atoms with Crippen LogP contribution in [0.5, 0.6) is 5.75 Å². The maximum atomic E-state index is 6.36. The lowest BCUT2D eigenvalue weighted by atomic mass is 9.81. The van der Waals surface area contributed by atoms with Crippen molar-refractivity contribution in [2.24, 2.45) is 0 Å². The molecular formula is C19H32O. The first-order valence-electron chi connectivity index (χ1n) is 7.99. The summed E-state index contributed by atoms with van der Waals surface area (Å²) >= 11 is 0. The first-order chi connectivity index (χ1) is 9.19. The van der Waals surface area contributed by atoms with Gasteiger partial charge in [0.15, 0.2) is 0 Å². The van der Waals surface area contributed by atoms with Gasteiger partial charge in [-0.1, -0.05) is 46.8 Å². The summed E-state index contributed by atoms with van der Waals surface area (Å²) in [5, 5.41) is 0. The summed E-state index contributed by atoms with van der Waals surface area (Å²) in [4.78, 5) is 0. The zero-order valence-corrected chi connectivity index (χ0v) is 14.7. The van der Waals surface area contributed by atoms with Crippen molar-refractivity contribution in [3.05, 3.63) is 28.8 Å². The van der Waals surface area contributed by atoms with Crippen molar-refractivity contribution in [2.45, 2.75) is 85.7 Å². The van der Waals surface area contributed by atoms with Crippen LogP contribution in [0.3, 0.4) is 0 Å². The lowest BCUT2D eigenvalue weighted by molar-refractivity contribution is 0.0785. The highest BCUT2D eigenvalue weighted by atomic mass is 16.5. The number of hydrogen-bond donors (Lipinski definition) is 0. The molecule has 0 unspecified atom stereocenters. The molecule has 114 valence electrons. The van der Waals surface area contributed by atoms with Gasteiger partial charge in [-0.05, 0) is 62.1 Å². The van der Waals surface area contributed by atoms with Crippen LogP contribution in [0.4, 0.5) is 0 Å². The highest BCUT2D eigenvalue weighted by Crippen LogP contribution is 2.35. The van der Waals surface area contributed by atoms with Gasteiger partial charge in [-0.25, -0.2) is 0 Å². The molecule has 1 aromatic rings. The monoisotopic (exact) mass is 276 g/mol. The van der Waals surface area contributed by atoms with E-state index in [1.54, 1.807) is 0 Å². The van der Waals surface area contributed by atoms with Crippen LogP contribution in [-0.2, 0) is 5.41 Å². The van der Waals surface area contributed by atoms with E-state index in [-0.39, 0.29) is 11.0 Å². The van der Waals surface area contributed by atoms with Crippen LogP contribution >= 0.6 is 0 Å². The summed E-state index contributed by atoms with van der Waals surface area (Å²) in [6, 6.07) is 4.61. The Bertz CT molecular complexity index is 430. The molecule has 1 nitrogen and oxygen atoms in total. The molecule has 20 heavy (non-hydrogen) atoms. The van der Waals surface area contributed by atoms with E-state index in [2.05, 4.69) is 67.5 Å². The molecule has 0 radical (unpaired) electrons. The Hall–Kier alpha value is -0.980. The lowest BCUT2D eigenvalue weighted by Gasteiger charge is -2.31. The van der Waals surface area contributed by atoms with Gasteiger partial charge in [-0.15, -0.1) is 0 Å². The molecule has 0 spiro atoms. The topological polar surface area (TPSA) is 9.23 Å². The standard InChI is InChI=1S/C19H32O/c1-9-18(6,7)16-12-14(4)17(15(5)13-16)20-19(8,10-2)11-3/h12-13H,9-11H2,1-8H3. The van der Waals surface area contributed by atoms with Crippen LogP contribution in [0.15, 0.2) is 12.1 Å². The zero-order chi connectivity index (χ0) is 15.6. The molecule has 0 heterocycles. The van der Waals surface area contributed by atoms with Gasteiger partial charge < -0.3 is 4.74 Å². The van der Waals surface area contributed by atoms with E-state index in [0.29, 0.717) is 0 Å². The molecule has 0 atom stereocenters. The van der Waals surface area contributed by atoms with E-state index in [1.807, 2.05) is 0 Å². The highest BCUT2D eigenvalue weighted by molar-refractivity contribution is 5.45. The van der Waals surface area contributed by atoms with Gasteiger partial charge in [0.1, 0.15) is 11.4 Å². The normalized spacial score (nSPS) is 12.6. The minimum Gasteiger partial charge on any atom is -0.487 e. The summed E-state index contributed by atoms with van der Waals surface area (Å²) in [5.74, 6) is 1.08. The van der Waals surface area contributed by atoms with Gasteiger partial charge in [0, 0.05) is 0 Å². The van der Waals surface area contributed by atoms with Crippen molar-refractivity contribution >= 4 is 0 Å². The predicted octanol–water partition coefficient (Wildman–Crippen LogP) is 5.95. The van der Waals surface area contributed by atoms with Crippen LogP contribution in [0, 0.1) is 13.8 Å². The third kappa shape index (κ3) is 3.56. The summed E-state index contributed by atoms with van der Waals surface area (Å²) in [6.45, 7) is 17.8. The summed E-state index contributed by atoms with van der Waals surface area (Å²) in [6.07, 6.45) is 3.21. The van der Waals surface area contributed by atoms with Gasteiger partial charge >= 0.3 is 0 Å². The van der Waals surface area contributed by atoms with Gasteiger partial charge in [0.25, 0.3) is 0 Å². The molecule has 0 aliphatic heterocycles. The summed E-state index contributed by atoms with van der Waals surface area (Å²) in [7, 11) is 0. The largest absolute Gasteiger partial charge is 0.487 e. The first-order valence-corrected chi connectivity index (χ1v) is 7.99. The van der Waals surface area contributed by atoms with Crippen LogP contribution < -0.4 is 4.74 Å². The zero-order valence-electron chi connectivity index (χ0n) is 14.7. The molecule has 0 aromatic heterocycles. The van der Waals surface area contributed by atoms with Crippen molar-refractivity contribution < 1.29 is 4.74 Å². The second kappa shape index (κ2) is 6.20. The molecule has 0 fully saturated rings. The second-order valence-corrected chi connectivity index (χ2v) is 6.94.